The normalized spacial score (nSPS) is 18.3. The highest BCUT2D eigenvalue weighted by Crippen LogP contribution is 2.21. The zero-order valence-electron chi connectivity index (χ0n) is 11.2. The van der Waals surface area contributed by atoms with Crippen LogP contribution in [0.2, 0.25) is 0 Å². The predicted molar refractivity (Wildman–Crippen MR) is 77.6 cm³/mol. The Balaban J connectivity index is 0.00000162. The Morgan fingerprint density at radius 3 is 2.39 bits per heavy atom. The first-order chi connectivity index (χ1) is 8.08. The van der Waals surface area contributed by atoms with Crippen molar-refractivity contribution < 1.29 is 4.79 Å². The van der Waals surface area contributed by atoms with Crippen molar-refractivity contribution in [2.75, 3.05) is 25.0 Å². The highest BCUT2D eigenvalue weighted by atomic mass is 35.5. The van der Waals surface area contributed by atoms with Gasteiger partial charge in [-0.3, -0.25) is 4.79 Å². The lowest BCUT2D eigenvalue weighted by molar-refractivity contribution is -0.121. The van der Waals surface area contributed by atoms with Crippen LogP contribution in [0.15, 0.2) is 18.2 Å². The number of benzene rings is 1. The van der Waals surface area contributed by atoms with E-state index in [2.05, 4.69) is 37.4 Å². The number of carbonyl (C=O) groups is 1. The largest absolute Gasteiger partial charge is 0.316 e. The molecule has 1 aliphatic heterocycles. The van der Waals surface area contributed by atoms with E-state index in [0.717, 1.165) is 25.2 Å². The summed E-state index contributed by atoms with van der Waals surface area (Å²) in [5.41, 5.74) is 3.40. The van der Waals surface area contributed by atoms with Gasteiger partial charge in [-0.05, 0) is 50.1 Å². The molecule has 1 N–H and O–H groups in total. The first-order valence-corrected chi connectivity index (χ1v) is 6.14. The molecule has 1 fully saturated rings. The van der Waals surface area contributed by atoms with Gasteiger partial charge in [0, 0.05) is 19.3 Å². The van der Waals surface area contributed by atoms with Gasteiger partial charge in [-0.1, -0.05) is 6.07 Å². The monoisotopic (exact) mass is 268 g/mol. The van der Waals surface area contributed by atoms with Gasteiger partial charge >= 0.3 is 0 Å². The summed E-state index contributed by atoms with van der Waals surface area (Å²) >= 11 is 0. The summed E-state index contributed by atoms with van der Waals surface area (Å²) in [4.78, 5) is 14.0. The first-order valence-electron chi connectivity index (χ1n) is 6.14. The highest BCUT2D eigenvalue weighted by molar-refractivity contribution is 5.95. The molecule has 1 atom stereocenters. The van der Waals surface area contributed by atoms with Gasteiger partial charge in [0.15, 0.2) is 0 Å². The van der Waals surface area contributed by atoms with Crippen molar-refractivity contribution in [3.63, 3.8) is 0 Å². The maximum Gasteiger partial charge on any atom is 0.231 e. The van der Waals surface area contributed by atoms with Crippen LogP contribution in [0.4, 0.5) is 5.69 Å². The van der Waals surface area contributed by atoms with Gasteiger partial charge in [-0.2, -0.15) is 0 Å². The number of nitrogens with zero attached hydrogens (tertiary/aromatic N) is 1. The summed E-state index contributed by atoms with van der Waals surface area (Å²) < 4.78 is 0. The molecular weight excluding hydrogens is 248 g/mol. The van der Waals surface area contributed by atoms with Crippen molar-refractivity contribution in [3.8, 4) is 0 Å². The van der Waals surface area contributed by atoms with E-state index in [1.165, 1.54) is 11.1 Å². The van der Waals surface area contributed by atoms with E-state index in [4.69, 9.17) is 0 Å². The molecule has 4 heteroatoms. The summed E-state index contributed by atoms with van der Waals surface area (Å²) in [5, 5.41) is 3.23. The summed E-state index contributed by atoms with van der Waals surface area (Å²) in [6.45, 7) is 5.89. The lowest BCUT2D eigenvalue weighted by atomic mass is 10.1. The average Bonchev–Trinajstić information content (AvgIpc) is 2.79. The number of hydrogen-bond acceptors (Lipinski definition) is 2. The number of halogens is 1. The minimum Gasteiger partial charge on any atom is -0.316 e. The van der Waals surface area contributed by atoms with Gasteiger partial charge in [-0.15, -0.1) is 12.4 Å². The molecule has 1 amide bonds. The molecule has 3 nitrogen and oxygen atoms in total. The van der Waals surface area contributed by atoms with E-state index in [9.17, 15) is 4.79 Å². The number of hydrogen-bond donors (Lipinski definition) is 1. The number of rotatable bonds is 2. The Labute approximate surface area is 115 Å². The van der Waals surface area contributed by atoms with Crippen LogP contribution in [0.3, 0.4) is 0 Å². The van der Waals surface area contributed by atoms with E-state index in [-0.39, 0.29) is 24.2 Å². The smallest absolute Gasteiger partial charge is 0.231 e. The highest BCUT2D eigenvalue weighted by Gasteiger charge is 2.25. The molecule has 0 bridgehead atoms. The number of anilines is 1. The fraction of sp³-hybridized carbons (Fsp3) is 0.500. The van der Waals surface area contributed by atoms with E-state index in [1.54, 1.807) is 4.90 Å². The third-order valence-corrected chi connectivity index (χ3v) is 3.33. The van der Waals surface area contributed by atoms with Gasteiger partial charge in [-0.25, -0.2) is 0 Å². The van der Waals surface area contributed by atoms with E-state index < -0.39 is 0 Å². The molecule has 0 aromatic heterocycles. The predicted octanol–water partition coefficient (Wildman–Crippen LogP) is 2.30. The van der Waals surface area contributed by atoms with Crippen LogP contribution in [0.25, 0.3) is 0 Å². The van der Waals surface area contributed by atoms with Gasteiger partial charge in [0.05, 0.1) is 5.92 Å². The average molecular weight is 269 g/mol. The fourth-order valence-corrected chi connectivity index (χ4v) is 2.41. The topological polar surface area (TPSA) is 32.3 Å². The Bertz CT molecular complexity index is 408. The maximum atomic E-state index is 12.3. The zero-order valence-corrected chi connectivity index (χ0v) is 12.0. The van der Waals surface area contributed by atoms with Crippen molar-refractivity contribution in [2.45, 2.75) is 20.3 Å². The molecule has 2 rings (SSSR count). The molecule has 1 aromatic carbocycles. The number of nitrogens with one attached hydrogen (secondary N) is 1. The van der Waals surface area contributed by atoms with Gasteiger partial charge in [0.2, 0.25) is 5.91 Å². The second-order valence-corrected chi connectivity index (χ2v) is 4.93. The van der Waals surface area contributed by atoms with Crippen molar-refractivity contribution in [1.82, 2.24) is 5.32 Å². The van der Waals surface area contributed by atoms with Crippen LogP contribution in [0, 0.1) is 19.8 Å². The van der Waals surface area contributed by atoms with Crippen LogP contribution < -0.4 is 10.2 Å². The molecule has 0 radical (unpaired) electrons. The molecular formula is C14H21ClN2O. The van der Waals surface area contributed by atoms with Crippen LogP contribution >= 0.6 is 12.4 Å². The Morgan fingerprint density at radius 1 is 1.28 bits per heavy atom. The van der Waals surface area contributed by atoms with Crippen molar-refractivity contribution in [2.24, 2.45) is 5.92 Å². The third kappa shape index (κ3) is 3.24. The quantitative estimate of drug-likeness (QED) is 0.893. The first kappa shape index (κ1) is 15.0. The van der Waals surface area contributed by atoms with E-state index in [0.29, 0.717) is 0 Å². The third-order valence-electron chi connectivity index (χ3n) is 3.33. The van der Waals surface area contributed by atoms with E-state index in [1.807, 2.05) is 7.05 Å². The van der Waals surface area contributed by atoms with Gasteiger partial charge in [0.1, 0.15) is 0 Å². The summed E-state index contributed by atoms with van der Waals surface area (Å²) in [6, 6.07) is 6.25. The minimum atomic E-state index is 0. The minimum absolute atomic E-state index is 0. The molecule has 1 heterocycles. The van der Waals surface area contributed by atoms with Crippen molar-refractivity contribution >= 4 is 24.0 Å². The van der Waals surface area contributed by atoms with Crippen molar-refractivity contribution in [1.29, 1.82) is 0 Å². The number of aryl methyl sites for hydroxylation is 2. The summed E-state index contributed by atoms with van der Waals surface area (Å²) in [5.74, 6) is 0.362. The fourth-order valence-electron chi connectivity index (χ4n) is 2.41. The summed E-state index contributed by atoms with van der Waals surface area (Å²) in [6.07, 6.45) is 0.952. The van der Waals surface area contributed by atoms with Gasteiger partial charge in [0.25, 0.3) is 0 Å². The standard InChI is InChI=1S/C14H20N2O.ClH/c1-10-6-11(2)8-13(7-10)16(3)14(17)12-4-5-15-9-12;/h6-8,12,15H,4-5,9H2,1-3H3;1H. The lowest BCUT2D eigenvalue weighted by Crippen LogP contribution is -2.34. The van der Waals surface area contributed by atoms with Crippen LogP contribution in [0.1, 0.15) is 17.5 Å². The molecule has 100 valence electrons. The van der Waals surface area contributed by atoms with Crippen molar-refractivity contribution in [3.05, 3.63) is 29.3 Å². The molecule has 1 aromatic rings. The molecule has 1 unspecified atom stereocenters. The Kier molecular flexibility index (Phi) is 5.17. The summed E-state index contributed by atoms with van der Waals surface area (Å²) in [7, 11) is 1.87. The number of amides is 1. The lowest BCUT2D eigenvalue weighted by Gasteiger charge is -2.21. The molecule has 0 spiro atoms. The Morgan fingerprint density at radius 2 is 1.89 bits per heavy atom. The van der Waals surface area contributed by atoms with Crippen LogP contribution in [0.5, 0.6) is 0 Å². The second-order valence-electron chi connectivity index (χ2n) is 4.93. The number of carbonyl (C=O) groups excluding carboxylic acids is 1. The molecule has 0 saturated carbocycles. The Hall–Kier alpha value is -1.06. The van der Waals surface area contributed by atoms with Crippen LogP contribution in [-0.4, -0.2) is 26.0 Å². The molecule has 0 aliphatic carbocycles. The SMILES string of the molecule is Cc1cc(C)cc(N(C)C(=O)C2CCNC2)c1.Cl. The second kappa shape index (κ2) is 6.21. The van der Waals surface area contributed by atoms with E-state index >= 15 is 0 Å². The molecule has 1 saturated heterocycles. The zero-order chi connectivity index (χ0) is 12.4. The van der Waals surface area contributed by atoms with Gasteiger partial charge < -0.3 is 10.2 Å². The molecule has 1 aliphatic rings. The maximum absolute atomic E-state index is 12.3. The van der Waals surface area contributed by atoms with Crippen LogP contribution in [-0.2, 0) is 4.79 Å². The molecule has 18 heavy (non-hydrogen) atoms.